The van der Waals surface area contributed by atoms with E-state index >= 15 is 0 Å². The predicted molar refractivity (Wildman–Crippen MR) is 85.6 cm³/mol. The lowest BCUT2D eigenvalue weighted by atomic mass is 10.1. The molecule has 1 saturated heterocycles. The molecule has 3 rings (SSSR count). The first-order chi connectivity index (χ1) is 11.5. The summed E-state index contributed by atoms with van der Waals surface area (Å²) in [5, 5.41) is 13.2. The van der Waals surface area contributed by atoms with Gasteiger partial charge in [-0.2, -0.15) is 10.4 Å². The molecule has 2 aromatic rings. The molecule has 1 aliphatic rings. The van der Waals surface area contributed by atoms with Gasteiger partial charge in [0.05, 0.1) is 30.9 Å². The van der Waals surface area contributed by atoms with Gasteiger partial charge in [-0.25, -0.2) is 14.1 Å². The van der Waals surface area contributed by atoms with Crippen molar-refractivity contribution >= 4 is 0 Å². The zero-order valence-corrected chi connectivity index (χ0v) is 13.9. The molecule has 24 heavy (non-hydrogen) atoms. The molecule has 0 bridgehead atoms. The Kier molecular flexibility index (Phi) is 4.88. The molecular weight excluding hydrogens is 309 g/mol. The minimum atomic E-state index is -0.333. The van der Waals surface area contributed by atoms with Crippen molar-refractivity contribution in [3.63, 3.8) is 0 Å². The number of ether oxygens (including phenoxy) is 1. The average molecular weight is 329 g/mol. The smallest absolute Gasteiger partial charge is 0.147 e. The minimum Gasteiger partial charge on any atom is -0.374 e. The van der Waals surface area contributed by atoms with Gasteiger partial charge in [-0.3, -0.25) is 4.90 Å². The number of aromatic nitrogens is 3. The van der Waals surface area contributed by atoms with E-state index in [2.05, 4.69) is 15.0 Å². The van der Waals surface area contributed by atoms with Crippen LogP contribution in [0.5, 0.6) is 0 Å². The van der Waals surface area contributed by atoms with Gasteiger partial charge < -0.3 is 4.74 Å². The van der Waals surface area contributed by atoms with Crippen LogP contribution in [0.25, 0.3) is 0 Å². The van der Waals surface area contributed by atoms with Gasteiger partial charge in [0.2, 0.25) is 0 Å². The molecule has 0 spiro atoms. The number of aryl methyl sites for hydroxylation is 2. The third-order valence-electron chi connectivity index (χ3n) is 4.14. The Morgan fingerprint density at radius 3 is 2.92 bits per heavy atom. The van der Waals surface area contributed by atoms with Gasteiger partial charge in [-0.05, 0) is 26.0 Å². The van der Waals surface area contributed by atoms with Gasteiger partial charge in [0.25, 0.3) is 0 Å². The summed E-state index contributed by atoms with van der Waals surface area (Å²) in [6.07, 6.45) is -0.00000656. The average Bonchev–Trinajstić information content (AvgIpc) is 2.87. The number of benzene rings is 1. The Bertz CT molecular complexity index is 767. The molecule has 0 amide bonds. The van der Waals surface area contributed by atoms with Crippen molar-refractivity contribution in [3.8, 4) is 6.07 Å². The van der Waals surface area contributed by atoms with Crippen LogP contribution in [0.15, 0.2) is 18.2 Å². The Balaban J connectivity index is 1.63. The van der Waals surface area contributed by atoms with Crippen molar-refractivity contribution in [1.82, 2.24) is 19.7 Å². The zero-order chi connectivity index (χ0) is 17.1. The Labute approximate surface area is 140 Å². The van der Waals surface area contributed by atoms with Crippen molar-refractivity contribution in [2.75, 3.05) is 19.7 Å². The summed E-state index contributed by atoms with van der Waals surface area (Å²) in [5.74, 6) is 1.28. The largest absolute Gasteiger partial charge is 0.374 e. The summed E-state index contributed by atoms with van der Waals surface area (Å²) in [6, 6.07) is 6.57. The Morgan fingerprint density at radius 2 is 2.25 bits per heavy atom. The SMILES string of the molecule is Cc1nc(C)n(C[C@@H]2CN(Cc3ccc(C#N)cc3F)CCO2)n1. The molecule has 1 aromatic heterocycles. The van der Waals surface area contributed by atoms with Gasteiger partial charge in [0, 0.05) is 25.2 Å². The molecule has 1 atom stereocenters. The number of morpholine rings is 1. The van der Waals surface area contributed by atoms with Crippen molar-refractivity contribution in [3.05, 3.63) is 46.8 Å². The number of rotatable bonds is 4. The topological polar surface area (TPSA) is 67.0 Å². The number of hydrogen-bond donors (Lipinski definition) is 0. The highest BCUT2D eigenvalue weighted by Crippen LogP contribution is 2.16. The van der Waals surface area contributed by atoms with Crippen LogP contribution < -0.4 is 0 Å². The van der Waals surface area contributed by atoms with Crippen LogP contribution in [-0.4, -0.2) is 45.5 Å². The fraction of sp³-hybridized carbons (Fsp3) is 0.471. The van der Waals surface area contributed by atoms with Crippen molar-refractivity contribution in [1.29, 1.82) is 5.26 Å². The van der Waals surface area contributed by atoms with E-state index in [0.717, 1.165) is 18.2 Å². The third kappa shape index (κ3) is 3.78. The maximum atomic E-state index is 14.1. The second-order valence-corrected chi connectivity index (χ2v) is 6.03. The molecule has 7 heteroatoms. The van der Waals surface area contributed by atoms with Gasteiger partial charge >= 0.3 is 0 Å². The summed E-state index contributed by atoms with van der Waals surface area (Å²) in [5.41, 5.74) is 0.940. The van der Waals surface area contributed by atoms with Crippen molar-refractivity contribution in [2.45, 2.75) is 33.0 Å². The Hall–Kier alpha value is -2.30. The maximum absolute atomic E-state index is 14.1. The molecular formula is C17H20FN5O. The minimum absolute atomic E-state index is 0.00000656. The maximum Gasteiger partial charge on any atom is 0.147 e. The van der Waals surface area contributed by atoms with Crippen molar-refractivity contribution < 1.29 is 9.13 Å². The number of hydrogen-bond acceptors (Lipinski definition) is 5. The molecule has 126 valence electrons. The van der Waals surface area contributed by atoms with E-state index in [-0.39, 0.29) is 11.9 Å². The van der Waals surface area contributed by atoms with Gasteiger partial charge in [-0.15, -0.1) is 0 Å². The number of nitriles is 1. The first-order valence-electron chi connectivity index (χ1n) is 7.95. The van der Waals surface area contributed by atoms with E-state index in [1.54, 1.807) is 12.1 Å². The second kappa shape index (κ2) is 7.07. The summed E-state index contributed by atoms with van der Waals surface area (Å²) < 4.78 is 21.7. The van der Waals surface area contributed by atoms with E-state index in [9.17, 15) is 4.39 Å². The van der Waals surface area contributed by atoms with E-state index in [1.807, 2.05) is 24.6 Å². The molecule has 0 saturated carbocycles. The normalized spacial score (nSPS) is 18.5. The Morgan fingerprint density at radius 1 is 1.42 bits per heavy atom. The highest BCUT2D eigenvalue weighted by molar-refractivity contribution is 5.32. The second-order valence-electron chi connectivity index (χ2n) is 6.03. The van der Waals surface area contributed by atoms with Crippen LogP contribution in [0.3, 0.4) is 0 Å². The van der Waals surface area contributed by atoms with Crippen LogP contribution >= 0.6 is 0 Å². The standard InChI is InChI=1S/C17H20FN5O/c1-12-20-13(2)23(21-12)11-16-10-22(5-6-24-16)9-15-4-3-14(8-19)7-17(15)18/h3-4,7,16H,5-6,9-11H2,1-2H3/t16-/m0/s1. The molecule has 2 heterocycles. The van der Waals surface area contributed by atoms with Crippen LogP contribution in [0.2, 0.25) is 0 Å². The molecule has 0 unspecified atom stereocenters. The quantitative estimate of drug-likeness (QED) is 0.856. The summed E-state index contributed by atoms with van der Waals surface area (Å²) in [7, 11) is 0. The molecule has 0 N–H and O–H groups in total. The fourth-order valence-corrected chi connectivity index (χ4v) is 2.95. The van der Waals surface area contributed by atoms with E-state index in [0.29, 0.717) is 37.4 Å². The van der Waals surface area contributed by atoms with E-state index in [1.165, 1.54) is 6.07 Å². The van der Waals surface area contributed by atoms with Crippen molar-refractivity contribution in [2.24, 2.45) is 0 Å². The first-order valence-corrected chi connectivity index (χ1v) is 7.95. The molecule has 1 aliphatic heterocycles. The van der Waals surface area contributed by atoms with Crippen LogP contribution in [0.4, 0.5) is 4.39 Å². The van der Waals surface area contributed by atoms with Crippen LogP contribution in [0, 0.1) is 31.0 Å². The summed E-state index contributed by atoms with van der Waals surface area (Å²) >= 11 is 0. The molecule has 1 fully saturated rings. The van der Waals surface area contributed by atoms with Gasteiger partial charge in [0.1, 0.15) is 17.5 Å². The lowest BCUT2D eigenvalue weighted by Gasteiger charge is -2.33. The molecule has 6 nitrogen and oxygen atoms in total. The third-order valence-corrected chi connectivity index (χ3v) is 4.14. The number of nitrogens with zero attached hydrogens (tertiary/aromatic N) is 5. The molecule has 0 aliphatic carbocycles. The zero-order valence-electron chi connectivity index (χ0n) is 13.9. The number of halogens is 1. The van der Waals surface area contributed by atoms with Gasteiger partial charge in [0.15, 0.2) is 0 Å². The van der Waals surface area contributed by atoms with E-state index < -0.39 is 0 Å². The lowest BCUT2D eigenvalue weighted by Crippen LogP contribution is -2.44. The molecule has 0 radical (unpaired) electrons. The first kappa shape index (κ1) is 16.6. The predicted octanol–water partition coefficient (Wildman–Crippen LogP) is 1.81. The summed E-state index contributed by atoms with van der Waals surface area (Å²) in [4.78, 5) is 6.46. The van der Waals surface area contributed by atoms with Crippen LogP contribution in [-0.2, 0) is 17.8 Å². The monoisotopic (exact) mass is 329 g/mol. The highest BCUT2D eigenvalue weighted by atomic mass is 19.1. The highest BCUT2D eigenvalue weighted by Gasteiger charge is 2.22. The lowest BCUT2D eigenvalue weighted by molar-refractivity contribution is -0.0408. The van der Waals surface area contributed by atoms with Gasteiger partial charge in [-0.1, -0.05) is 6.07 Å². The summed E-state index contributed by atoms with van der Waals surface area (Å²) in [6.45, 7) is 7.00. The van der Waals surface area contributed by atoms with Crippen LogP contribution in [0.1, 0.15) is 22.8 Å². The molecule has 1 aromatic carbocycles. The fourth-order valence-electron chi connectivity index (χ4n) is 2.95. The van der Waals surface area contributed by atoms with E-state index in [4.69, 9.17) is 10.00 Å².